The SMILES string of the molecule is Cc1cc(F)c2nc(C)cc(-c3cnc4cc(-c5ccc(C6CCCCN6)cc5)ccn34)c2c1.Cc1cc(F)c2nc(C)cc(-c3cnc4cc(-c5ccc(C6COC(C)CN6)cc5)ccn34)c2c1.Cc1ccc2nc(C)cc(-c3cnc4cc(-c5ccc(C6CCCCN6)cc5)ccn34)c2c1.Cc1ccc2nc(C)cc(-c3cnc4cc(-c5ccc(C6COCC(C)N6)cc5)ccn34)c2c1. The lowest BCUT2D eigenvalue weighted by molar-refractivity contribution is 0.0149. The van der Waals surface area contributed by atoms with Crippen LogP contribution >= 0.6 is 0 Å². The fourth-order valence-corrected chi connectivity index (χ4v) is 20.1. The number of fused-ring (bicyclic) bond motifs is 8. The second-order valence-corrected chi connectivity index (χ2v) is 37.5. The molecule has 6 unspecified atom stereocenters. The molecule has 4 N–H and O–H groups in total. The van der Waals surface area contributed by atoms with Crippen molar-refractivity contribution in [3.63, 3.8) is 0 Å². The lowest BCUT2D eigenvalue weighted by Crippen LogP contribution is -2.41. The first-order valence-corrected chi connectivity index (χ1v) is 47.6. The van der Waals surface area contributed by atoms with Gasteiger partial charge in [-0.3, -0.25) is 37.5 Å². The minimum absolute atomic E-state index is 0.227. The van der Waals surface area contributed by atoms with Gasteiger partial charge in [0.2, 0.25) is 0 Å². The molecule has 680 valence electrons. The van der Waals surface area contributed by atoms with E-state index in [4.69, 9.17) is 34.4 Å². The van der Waals surface area contributed by atoms with Crippen molar-refractivity contribution in [1.29, 1.82) is 0 Å². The summed E-state index contributed by atoms with van der Waals surface area (Å²) in [7, 11) is 0. The fraction of sp³-hybridized carbons (Fsp3) is 0.241. The van der Waals surface area contributed by atoms with Crippen molar-refractivity contribution in [3.8, 4) is 89.5 Å². The summed E-state index contributed by atoms with van der Waals surface area (Å²) in [4.78, 5) is 37.2. The Morgan fingerprint density at radius 3 is 1.01 bits per heavy atom. The minimum Gasteiger partial charge on any atom is -0.378 e. The zero-order chi connectivity index (χ0) is 92.9. The Labute approximate surface area is 790 Å². The molecule has 8 aromatic carbocycles. The highest BCUT2D eigenvalue weighted by Gasteiger charge is 2.26. The molecular formula is C116H110F2N16O2. The second kappa shape index (κ2) is 37.9. The number of morpholine rings is 2. The summed E-state index contributed by atoms with van der Waals surface area (Å²) in [5.74, 6) is -0.586. The van der Waals surface area contributed by atoms with Crippen LogP contribution < -0.4 is 21.3 Å². The first kappa shape index (κ1) is 88.4. The summed E-state index contributed by atoms with van der Waals surface area (Å²) in [5.41, 5.74) is 36.9. The monoisotopic (exact) mass is 1800 g/mol. The number of nitrogens with one attached hydrogen (secondary N) is 4. The molecule has 4 aliphatic heterocycles. The molecule has 0 aliphatic carbocycles. The van der Waals surface area contributed by atoms with E-state index in [2.05, 4.69) is 301 Å². The van der Waals surface area contributed by atoms with E-state index in [1.807, 2.05) is 89.9 Å². The van der Waals surface area contributed by atoms with E-state index in [1.165, 1.54) is 117 Å². The van der Waals surface area contributed by atoms with Crippen LogP contribution in [0.5, 0.6) is 0 Å². The molecule has 136 heavy (non-hydrogen) atoms. The number of benzene rings is 8. The average Bonchev–Trinajstić information content (AvgIpc) is 1.54. The van der Waals surface area contributed by atoms with Crippen LogP contribution in [0.3, 0.4) is 0 Å². The summed E-state index contributed by atoms with van der Waals surface area (Å²) in [6.45, 7) is 25.4. The zero-order valence-electron chi connectivity index (χ0n) is 78.4. The number of hydrogen-bond donors (Lipinski definition) is 4. The molecule has 6 atom stereocenters. The van der Waals surface area contributed by atoms with E-state index < -0.39 is 0 Å². The summed E-state index contributed by atoms with van der Waals surface area (Å²) in [6, 6.07) is 82.5. The predicted octanol–water partition coefficient (Wildman–Crippen LogP) is 25.3. The third-order valence-electron chi connectivity index (χ3n) is 27.2. The van der Waals surface area contributed by atoms with Gasteiger partial charge in [0.15, 0.2) is 0 Å². The molecule has 0 saturated carbocycles. The molecule has 4 saturated heterocycles. The summed E-state index contributed by atoms with van der Waals surface area (Å²) < 4.78 is 49.3. The van der Waals surface area contributed by atoms with Gasteiger partial charge >= 0.3 is 0 Å². The first-order chi connectivity index (χ1) is 66.2. The second-order valence-electron chi connectivity index (χ2n) is 37.5. The van der Waals surface area contributed by atoms with Crippen LogP contribution in [0.1, 0.15) is 144 Å². The zero-order valence-corrected chi connectivity index (χ0v) is 78.4. The number of piperidine rings is 2. The number of hydrogen-bond acceptors (Lipinski definition) is 14. The Kier molecular flexibility index (Phi) is 24.6. The standard InChI is InChI=1S/C29H27FN4O.C29H27FN4.C29H28N4O.C29H28N4/c1-17-10-24-23(12-18(2)33-29(24)25(30)11-17)27-15-32-28-13-22(8-9-34(27)28)20-4-6-21(7-5-20)26-16-35-19(3)14-31-26;1-18-13-24-23(15-19(2)33-29(24)25(30)14-18)27-17-32-28-16-22(10-12-34(27)28)20-6-8-21(9-7-20)26-5-3-4-11-31-26;1-18-4-9-26-24(12-18)25(13-19(2)31-26)28-15-30-29-14-23(10-11-33(28)29)21-5-7-22(8-6-21)27-17-34-16-20(3)32-27;1-19-6-11-27-24(15-19)25(16-20(2)32-27)28-18-31-29-17-23(12-14-33(28)29)21-7-9-22(10-8-21)26-5-3-4-13-30-26/h4-13,15,19,26,31H,14,16H2,1-3H3;6-10,12-17,26,31H,3-5,11H2,1-2H3;4-15,20,27,32H,16-17H2,1-3H3;6-12,14-18,26,30H,3-5,13H2,1-2H3. The van der Waals surface area contributed by atoms with Gasteiger partial charge in [0.25, 0.3) is 0 Å². The third-order valence-corrected chi connectivity index (χ3v) is 27.2. The first-order valence-electron chi connectivity index (χ1n) is 47.6. The quantitative estimate of drug-likeness (QED) is 0.0905. The maximum absolute atomic E-state index is 14.7. The molecule has 0 radical (unpaired) electrons. The highest BCUT2D eigenvalue weighted by molar-refractivity contribution is 5.99. The Bertz CT molecular complexity index is 7880. The topological polar surface area (TPSA) is 187 Å². The molecule has 12 aromatic heterocycles. The van der Waals surface area contributed by atoms with Gasteiger partial charge in [-0.1, -0.05) is 133 Å². The van der Waals surface area contributed by atoms with Crippen LogP contribution in [0.4, 0.5) is 8.78 Å². The number of halogens is 2. The van der Waals surface area contributed by atoms with Gasteiger partial charge in [0.05, 0.1) is 96.6 Å². The number of aromatic nitrogens is 12. The van der Waals surface area contributed by atoms with Crippen molar-refractivity contribution >= 4 is 66.2 Å². The van der Waals surface area contributed by atoms with Crippen molar-refractivity contribution in [2.75, 3.05) is 39.5 Å². The van der Waals surface area contributed by atoms with Crippen molar-refractivity contribution in [2.24, 2.45) is 0 Å². The van der Waals surface area contributed by atoms with Gasteiger partial charge in [-0.05, 0) is 307 Å². The van der Waals surface area contributed by atoms with Crippen LogP contribution in [0.15, 0.2) is 280 Å². The summed E-state index contributed by atoms with van der Waals surface area (Å²) >= 11 is 0. The van der Waals surface area contributed by atoms with Crippen LogP contribution in [0.25, 0.3) is 156 Å². The van der Waals surface area contributed by atoms with E-state index in [9.17, 15) is 8.78 Å². The Hall–Kier alpha value is -14.2. The molecule has 20 heteroatoms. The van der Waals surface area contributed by atoms with E-state index in [1.54, 1.807) is 0 Å². The molecule has 0 amide bonds. The highest BCUT2D eigenvalue weighted by Crippen LogP contribution is 2.40. The Morgan fingerprint density at radius 2 is 0.662 bits per heavy atom. The summed E-state index contributed by atoms with van der Waals surface area (Å²) in [5, 5.41) is 18.3. The van der Waals surface area contributed by atoms with Gasteiger partial charge in [-0.25, -0.2) is 28.7 Å². The molecule has 0 bridgehead atoms. The third kappa shape index (κ3) is 18.3. The fourth-order valence-electron chi connectivity index (χ4n) is 20.1. The number of aryl methyl sites for hydroxylation is 8. The van der Waals surface area contributed by atoms with Crippen molar-refractivity contribution in [2.45, 2.75) is 144 Å². The molecule has 4 fully saturated rings. The van der Waals surface area contributed by atoms with Crippen LogP contribution in [0.2, 0.25) is 0 Å². The largest absolute Gasteiger partial charge is 0.378 e. The lowest BCUT2D eigenvalue weighted by Gasteiger charge is -2.29. The number of rotatable bonds is 12. The molecule has 0 spiro atoms. The van der Waals surface area contributed by atoms with Gasteiger partial charge in [0, 0.05) is 116 Å². The smallest absolute Gasteiger partial charge is 0.149 e. The van der Waals surface area contributed by atoms with Gasteiger partial charge < -0.3 is 30.7 Å². The van der Waals surface area contributed by atoms with E-state index in [-0.39, 0.29) is 29.8 Å². The van der Waals surface area contributed by atoms with Crippen LogP contribution in [-0.2, 0) is 9.47 Å². The maximum Gasteiger partial charge on any atom is 0.149 e. The van der Waals surface area contributed by atoms with Gasteiger partial charge in [0.1, 0.15) is 45.3 Å². The van der Waals surface area contributed by atoms with Crippen LogP contribution in [-0.4, -0.2) is 109 Å². The van der Waals surface area contributed by atoms with Crippen molar-refractivity contribution < 1.29 is 18.3 Å². The van der Waals surface area contributed by atoms with E-state index in [0.717, 1.165) is 178 Å². The normalized spacial score (nSPS) is 17.5. The van der Waals surface area contributed by atoms with Crippen LogP contribution in [0, 0.1) is 67.0 Å². The maximum atomic E-state index is 14.7. The number of imidazole rings is 4. The van der Waals surface area contributed by atoms with E-state index in [0.29, 0.717) is 35.8 Å². The summed E-state index contributed by atoms with van der Waals surface area (Å²) in [6.07, 6.45) is 23.9. The van der Waals surface area contributed by atoms with E-state index >= 15 is 0 Å². The molecule has 16 heterocycles. The molecule has 18 nitrogen and oxygen atoms in total. The average molecular weight is 1800 g/mol. The molecular weight excluding hydrogens is 1690 g/mol. The lowest BCUT2D eigenvalue weighted by atomic mass is 9.95. The Balaban J connectivity index is 0.000000108. The van der Waals surface area contributed by atoms with Gasteiger partial charge in [-0.15, -0.1) is 0 Å². The number of pyridine rings is 8. The van der Waals surface area contributed by atoms with Crippen molar-refractivity contribution in [3.05, 3.63) is 359 Å². The molecule has 4 aliphatic rings. The molecule has 20 aromatic rings. The highest BCUT2D eigenvalue weighted by atomic mass is 19.1. The van der Waals surface area contributed by atoms with Gasteiger partial charge in [-0.2, -0.15) is 0 Å². The minimum atomic E-state index is -0.297. The predicted molar refractivity (Wildman–Crippen MR) is 545 cm³/mol. The van der Waals surface area contributed by atoms with Crippen molar-refractivity contribution in [1.82, 2.24) is 78.7 Å². The number of nitrogens with zero attached hydrogens (tertiary/aromatic N) is 12. The number of ether oxygens (including phenoxy) is 2. The molecule has 24 rings (SSSR count). The Morgan fingerprint density at radius 1 is 0.316 bits per heavy atom.